The monoisotopic (exact) mass is 548 g/mol. The molecule has 1 aromatic rings. The lowest BCUT2D eigenvalue weighted by atomic mass is 9.97. The SMILES string of the molecule is C=C1C=CC(=O)N1CCC(=O)N[C@H](C(=O)NCC(=O)Nc1ccc(COC(=O)C(C)(C)C)cc1)C(C)C.CC.[HH].[HH].[HH]. The van der Waals surface area contributed by atoms with Crippen LogP contribution in [0.4, 0.5) is 5.69 Å². The lowest BCUT2D eigenvalue weighted by molar-refractivity contribution is -0.154. The zero-order chi connectivity index (χ0) is 29.8. The van der Waals surface area contributed by atoms with Crippen molar-refractivity contribution in [2.75, 3.05) is 18.4 Å². The Hall–Kier alpha value is -3.95. The van der Waals surface area contributed by atoms with Crippen LogP contribution in [-0.4, -0.2) is 53.6 Å². The lowest BCUT2D eigenvalue weighted by Gasteiger charge is -2.23. The number of nitrogens with zero attached hydrogens (tertiary/aromatic N) is 1. The third-order valence-corrected chi connectivity index (χ3v) is 5.50. The number of benzene rings is 1. The van der Waals surface area contributed by atoms with Crippen molar-refractivity contribution in [3.63, 3.8) is 0 Å². The fourth-order valence-corrected chi connectivity index (χ4v) is 3.27. The van der Waals surface area contributed by atoms with Crippen LogP contribution in [0.1, 0.15) is 64.7 Å². The van der Waals surface area contributed by atoms with E-state index >= 15 is 0 Å². The minimum Gasteiger partial charge on any atom is -0.460 e. The molecule has 1 aromatic carbocycles. The maximum atomic E-state index is 12.6. The summed E-state index contributed by atoms with van der Waals surface area (Å²) in [5.74, 6) is -2.08. The van der Waals surface area contributed by atoms with E-state index in [9.17, 15) is 24.0 Å². The van der Waals surface area contributed by atoms with Crippen molar-refractivity contribution >= 4 is 35.3 Å². The highest BCUT2D eigenvalue weighted by atomic mass is 16.5. The molecule has 39 heavy (non-hydrogen) atoms. The molecule has 1 heterocycles. The first kappa shape index (κ1) is 33.1. The quantitative estimate of drug-likeness (QED) is 0.358. The van der Waals surface area contributed by atoms with Gasteiger partial charge in [-0.2, -0.15) is 0 Å². The van der Waals surface area contributed by atoms with E-state index in [1.165, 1.54) is 11.0 Å². The molecule has 2 rings (SSSR count). The topological polar surface area (TPSA) is 134 Å². The van der Waals surface area contributed by atoms with Crippen LogP contribution in [0.15, 0.2) is 48.7 Å². The Labute approximate surface area is 235 Å². The van der Waals surface area contributed by atoms with E-state index in [2.05, 4.69) is 22.5 Å². The van der Waals surface area contributed by atoms with Crippen molar-refractivity contribution in [1.82, 2.24) is 15.5 Å². The summed E-state index contributed by atoms with van der Waals surface area (Å²) >= 11 is 0. The van der Waals surface area contributed by atoms with Crippen LogP contribution in [0, 0.1) is 11.3 Å². The molecule has 0 bridgehead atoms. The molecule has 0 spiro atoms. The molecule has 1 aliphatic rings. The zero-order valence-electron chi connectivity index (χ0n) is 24.1. The van der Waals surface area contributed by atoms with Gasteiger partial charge in [0.2, 0.25) is 17.7 Å². The Morgan fingerprint density at radius 3 is 2.15 bits per heavy atom. The highest BCUT2D eigenvalue weighted by Gasteiger charge is 2.26. The number of carbonyl (C=O) groups is 5. The van der Waals surface area contributed by atoms with Crippen LogP contribution in [-0.2, 0) is 35.3 Å². The summed E-state index contributed by atoms with van der Waals surface area (Å²) in [6, 6.07) is 5.97. The van der Waals surface area contributed by atoms with Crippen molar-refractivity contribution in [2.24, 2.45) is 11.3 Å². The number of amides is 4. The van der Waals surface area contributed by atoms with Crippen molar-refractivity contribution in [3.8, 4) is 0 Å². The van der Waals surface area contributed by atoms with E-state index in [0.29, 0.717) is 11.4 Å². The number of hydrogen-bond acceptors (Lipinski definition) is 6. The predicted molar refractivity (Wildman–Crippen MR) is 156 cm³/mol. The van der Waals surface area contributed by atoms with E-state index in [-0.39, 0.29) is 54.1 Å². The number of hydrogen-bond donors (Lipinski definition) is 3. The van der Waals surface area contributed by atoms with Gasteiger partial charge in [0.25, 0.3) is 5.91 Å². The molecule has 220 valence electrons. The fraction of sp³-hybridized carbons (Fsp3) is 0.483. The molecule has 4 amide bonds. The van der Waals surface area contributed by atoms with E-state index in [0.717, 1.165) is 5.56 Å². The summed E-state index contributed by atoms with van der Waals surface area (Å²) in [4.78, 5) is 62.4. The Kier molecular flexibility index (Phi) is 13.1. The van der Waals surface area contributed by atoms with Gasteiger partial charge >= 0.3 is 5.97 Å². The van der Waals surface area contributed by atoms with Crippen molar-refractivity contribution < 1.29 is 33.0 Å². The molecule has 10 heteroatoms. The fourth-order valence-electron chi connectivity index (χ4n) is 3.27. The van der Waals surface area contributed by atoms with E-state index in [4.69, 9.17) is 4.74 Å². The molecule has 0 saturated carbocycles. The number of ether oxygens (including phenoxy) is 1. The molecule has 1 atom stereocenters. The smallest absolute Gasteiger partial charge is 0.311 e. The number of nitrogens with one attached hydrogen (secondary N) is 3. The highest BCUT2D eigenvalue weighted by Crippen LogP contribution is 2.17. The summed E-state index contributed by atoms with van der Waals surface area (Å²) < 4.78 is 5.27. The first-order valence-electron chi connectivity index (χ1n) is 13.1. The summed E-state index contributed by atoms with van der Waals surface area (Å²) in [6.45, 7) is 16.6. The molecule has 0 saturated heterocycles. The van der Waals surface area contributed by atoms with E-state index in [1.807, 2.05) is 13.8 Å². The third-order valence-electron chi connectivity index (χ3n) is 5.50. The normalized spacial score (nSPS) is 13.4. The van der Waals surface area contributed by atoms with Gasteiger partial charge in [0.15, 0.2) is 0 Å². The average molecular weight is 549 g/mol. The average Bonchev–Trinajstić information content (AvgIpc) is 3.21. The molecule has 1 aliphatic heterocycles. The van der Waals surface area contributed by atoms with Crippen molar-refractivity contribution in [3.05, 3.63) is 54.3 Å². The standard InChI is InChI=1S/C27H36N4O6.C2H6.3H2/c1-17(2)24(30-21(32)13-14-31-18(3)7-12-23(31)34)25(35)28-15-22(33)29-20-10-8-19(9-11-20)16-37-26(36)27(4,5)6;1-2;;;/h7-12,17,24H,3,13-16H2,1-2,4-6H3,(H,28,35)(H,29,33)(H,30,32);1-2H3;3*1H/t24-;;;;/m0..../s1. The van der Waals surface area contributed by atoms with Gasteiger partial charge in [0, 0.05) is 34.7 Å². The van der Waals surface area contributed by atoms with Gasteiger partial charge in [-0.05, 0) is 50.5 Å². The van der Waals surface area contributed by atoms with Crippen molar-refractivity contribution in [1.29, 1.82) is 0 Å². The van der Waals surface area contributed by atoms with Gasteiger partial charge in [-0.1, -0.05) is 46.4 Å². The summed E-state index contributed by atoms with van der Waals surface area (Å²) in [5.41, 5.74) is 1.22. The van der Waals surface area contributed by atoms with Gasteiger partial charge in [-0.3, -0.25) is 24.0 Å². The molecule has 3 N–H and O–H groups in total. The molecular formula is C29H48N4O6. The van der Waals surface area contributed by atoms with Crippen LogP contribution in [0.3, 0.4) is 0 Å². The number of rotatable bonds is 11. The van der Waals surface area contributed by atoms with Crippen LogP contribution in [0.25, 0.3) is 0 Å². The second-order valence-electron chi connectivity index (χ2n) is 10.1. The van der Waals surface area contributed by atoms with E-state index in [1.54, 1.807) is 65.0 Å². The summed E-state index contributed by atoms with van der Waals surface area (Å²) in [6.07, 6.45) is 2.97. The maximum Gasteiger partial charge on any atom is 0.311 e. The van der Waals surface area contributed by atoms with Gasteiger partial charge < -0.3 is 25.6 Å². The highest BCUT2D eigenvalue weighted by molar-refractivity contribution is 5.96. The van der Waals surface area contributed by atoms with Crippen LogP contribution >= 0.6 is 0 Å². The van der Waals surface area contributed by atoms with Gasteiger partial charge in [-0.15, -0.1) is 0 Å². The lowest BCUT2D eigenvalue weighted by Crippen LogP contribution is -2.51. The van der Waals surface area contributed by atoms with Crippen LogP contribution in [0.5, 0.6) is 0 Å². The number of carbonyl (C=O) groups excluding carboxylic acids is 5. The molecule has 0 aliphatic carbocycles. The Morgan fingerprint density at radius 1 is 1.03 bits per heavy atom. The maximum absolute atomic E-state index is 12.6. The summed E-state index contributed by atoms with van der Waals surface area (Å²) in [7, 11) is 0. The zero-order valence-corrected chi connectivity index (χ0v) is 24.1. The first-order valence-corrected chi connectivity index (χ1v) is 13.1. The number of allylic oxidation sites excluding steroid dienone is 1. The molecule has 0 radical (unpaired) electrons. The number of esters is 1. The van der Waals surface area contributed by atoms with Gasteiger partial charge in [0.05, 0.1) is 12.0 Å². The second-order valence-corrected chi connectivity index (χ2v) is 10.1. The predicted octanol–water partition coefficient (Wildman–Crippen LogP) is 4.04. The molecule has 0 unspecified atom stereocenters. The number of anilines is 1. The minimum atomic E-state index is -0.842. The van der Waals surface area contributed by atoms with Crippen molar-refractivity contribution in [2.45, 2.75) is 67.5 Å². The largest absolute Gasteiger partial charge is 0.460 e. The van der Waals surface area contributed by atoms with Gasteiger partial charge in [0.1, 0.15) is 12.6 Å². The van der Waals surface area contributed by atoms with E-state index < -0.39 is 23.3 Å². The Balaban J connectivity index is -0.00000297. The second kappa shape index (κ2) is 15.5. The first-order chi connectivity index (χ1) is 18.3. The molecule has 0 fully saturated rings. The summed E-state index contributed by atoms with van der Waals surface area (Å²) in [5, 5.41) is 7.90. The molecular weight excluding hydrogens is 500 g/mol. The Morgan fingerprint density at radius 2 is 1.64 bits per heavy atom. The molecule has 10 nitrogen and oxygen atoms in total. The Bertz CT molecular complexity index is 1070. The minimum absolute atomic E-state index is 0. The third kappa shape index (κ3) is 11.1. The molecule has 0 aromatic heterocycles. The van der Waals surface area contributed by atoms with Crippen LogP contribution < -0.4 is 16.0 Å². The van der Waals surface area contributed by atoms with Crippen LogP contribution in [0.2, 0.25) is 0 Å². The van der Waals surface area contributed by atoms with Gasteiger partial charge in [-0.25, -0.2) is 0 Å².